The van der Waals surface area contributed by atoms with Gasteiger partial charge in [-0.2, -0.15) is 0 Å². The molecular formula is C22H24N2O4. The fourth-order valence-corrected chi connectivity index (χ4v) is 3.35. The molecule has 0 fully saturated rings. The summed E-state index contributed by atoms with van der Waals surface area (Å²) in [6.45, 7) is 1.44. The van der Waals surface area contributed by atoms with Gasteiger partial charge in [0.05, 0.1) is 14.2 Å². The van der Waals surface area contributed by atoms with Crippen molar-refractivity contribution in [3.63, 3.8) is 0 Å². The number of hydrogen-bond donors (Lipinski definition) is 2. The maximum Gasteiger partial charge on any atom is 0.326 e. The molecule has 0 amide bonds. The summed E-state index contributed by atoms with van der Waals surface area (Å²) >= 11 is 0. The van der Waals surface area contributed by atoms with E-state index in [2.05, 4.69) is 22.4 Å². The van der Waals surface area contributed by atoms with E-state index in [4.69, 9.17) is 9.47 Å². The molecule has 0 bridgehead atoms. The molecule has 0 saturated carbocycles. The molecule has 0 spiro atoms. The number of aromatic amines is 1. The first-order chi connectivity index (χ1) is 13.7. The molecule has 2 N–H and O–H groups in total. The van der Waals surface area contributed by atoms with Crippen molar-refractivity contribution in [1.82, 2.24) is 10.3 Å². The summed E-state index contributed by atoms with van der Waals surface area (Å²) < 4.78 is 9.70. The van der Waals surface area contributed by atoms with E-state index in [0.29, 0.717) is 18.7 Å². The summed E-state index contributed by atoms with van der Waals surface area (Å²) in [5.41, 5.74) is 3.51. The van der Waals surface area contributed by atoms with Crippen molar-refractivity contribution in [3.05, 3.63) is 71.4 Å². The van der Waals surface area contributed by atoms with E-state index in [1.54, 1.807) is 0 Å². The van der Waals surface area contributed by atoms with Crippen LogP contribution in [0.2, 0.25) is 0 Å². The number of methoxy groups -OCH3 is 2. The molecule has 6 nitrogen and oxygen atoms in total. The molecule has 146 valence electrons. The maximum atomic E-state index is 12.3. The Morgan fingerprint density at radius 3 is 2.29 bits per heavy atom. The molecular weight excluding hydrogens is 356 g/mol. The van der Waals surface area contributed by atoms with Crippen molar-refractivity contribution in [1.29, 1.82) is 0 Å². The number of ether oxygens (including phenoxy) is 2. The number of hydrogen-bond acceptors (Lipinski definition) is 5. The zero-order chi connectivity index (χ0) is 19.9. The van der Waals surface area contributed by atoms with E-state index < -0.39 is 17.9 Å². The number of carbonyl (C=O) groups is 2. The van der Waals surface area contributed by atoms with Gasteiger partial charge in [-0.05, 0) is 30.2 Å². The van der Waals surface area contributed by atoms with Crippen LogP contribution >= 0.6 is 0 Å². The molecule has 28 heavy (non-hydrogen) atoms. The van der Waals surface area contributed by atoms with Gasteiger partial charge >= 0.3 is 11.9 Å². The molecule has 0 aliphatic rings. The Morgan fingerprint density at radius 1 is 0.964 bits per heavy atom. The smallest absolute Gasteiger partial charge is 0.326 e. The van der Waals surface area contributed by atoms with Crippen LogP contribution in [0, 0.1) is 0 Å². The predicted octanol–water partition coefficient (Wildman–Crippen LogP) is 2.93. The Bertz CT molecular complexity index is 934. The third-order valence-corrected chi connectivity index (χ3v) is 4.73. The van der Waals surface area contributed by atoms with E-state index in [9.17, 15) is 9.59 Å². The number of aromatic nitrogens is 1. The Kier molecular flexibility index (Phi) is 6.45. The predicted molar refractivity (Wildman–Crippen MR) is 107 cm³/mol. The lowest BCUT2D eigenvalue weighted by Crippen LogP contribution is -2.26. The van der Waals surface area contributed by atoms with Gasteiger partial charge in [-0.15, -0.1) is 0 Å². The number of nitrogens with one attached hydrogen (secondary N) is 2. The average molecular weight is 380 g/mol. The highest BCUT2D eigenvalue weighted by molar-refractivity contribution is 6.02. The highest BCUT2D eigenvalue weighted by Crippen LogP contribution is 2.30. The second-order valence-electron chi connectivity index (χ2n) is 6.45. The topological polar surface area (TPSA) is 80.4 Å². The lowest BCUT2D eigenvalue weighted by atomic mass is 9.98. The van der Waals surface area contributed by atoms with Gasteiger partial charge in [0.2, 0.25) is 0 Å². The van der Waals surface area contributed by atoms with Crippen LogP contribution in [0.3, 0.4) is 0 Å². The first kappa shape index (κ1) is 19.6. The van der Waals surface area contributed by atoms with Gasteiger partial charge in [0.1, 0.15) is 0 Å². The van der Waals surface area contributed by atoms with Crippen LogP contribution in [0.5, 0.6) is 0 Å². The van der Waals surface area contributed by atoms with Gasteiger partial charge < -0.3 is 19.8 Å². The lowest BCUT2D eigenvalue weighted by Gasteiger charge is -2.14. The summed E-state index contributed by atoms with van der Waals surface area (Å²) in [5.74, 6) is -2.42. The minimum atomic E-state index is -1.13. The standard InChI is InChI=1S/C22H24N2O4/c1-27-21(25)19(22(26)28-2)20-17(16-10-6-7-11-18(16)24-20)12-13-23-14-15-8-4-3-5-9-15/h3-11,19,23-24H,12-14H2,1-2H3. The molecule has 0 saturated heterocycles. The summed E-state index contributed by atoms with van der Waals surface area (Å²) in [7, 11) is 2.53. The Morgan fingerprint density at radius 2 is 1.61 bits per heavy atom. The van der Waals surface area contributed by atoms with Crippen LogP contribution in [-0.2, 0) is 32.0 Å². The van der Waals surface area contributed by atoms with Gasteiger partial charge in [-0.1, -0.05) is 48.5 Å². The molecule has 1 aromatic heterocycles. The summed E-state index contributed by atoms with van der Waals surface area (Å²) in [6.07, 6.45) is 0.649. The van der Waals surface area contributed by atoms with E-state index in [0.717, 1.165) is 23.0 Å². The zero-order valence-electron chi connectivity index (χ0n) is 16.0. The summed E-state index contributed by atoms with van der Waals surface area (Å²) in [4.78, 5) is 27.8. The highest BCUT2D eigenvalue weighted by atomic mass is 16.5. The largest absolute Gasteiger partial charge is 0.468 e. The Labute approximate surface area is 163 Å². The molecule has 3 rings (SSSR count). The van der Waals surface area contributed by atoms with Gasteiger partial charge in [-0.25, -0.2) is 0 Å². The second kappa shape index (κ2) is 9.19. The molecule has 0 radical (unpaired) electrons. The van der Waals surface area contributed by atoms with Crippen molar-refractivity contribution >= 4 is 22.8 Å². The van der Waals surface area contributed by atoms with E-state index >= 15 is 0 Å². The first-order valence-electron chi connectivity index (χ1n) is 9.15. The average Bonchev–Trinajstić information content (AvgIpc) is 3.09. The van der Waals surface area contributed by atoms with Gasteiger partial charge in [-0.3, -0.25) is 9.59 Å². The number of fused-ring (bicyclic) bond motifs is 1. The normalized spacial score (nSPS) is 11.0. The maximum absolute atomic E-state index is 12.3. The van der Waals surface area contributed by atoms with Crippen molar-refractivity contribution in [2.75, 3.05) is 20.8 Å². The van der Waals surface area contributed by atoms with Crippen molar-refractivity contribution < 1.29 is 19.1 Å². The van der Waals surface area contributed by atoms with E-state index in [1.807, 2.05) is 42.5 Å². The molecule has 0 unspecified atom stereocenters. The van der Waals surface area contributed by atoms with Crippen LogP contribution < -0.4 is 5.32 Å². The van der Waals surface area contributed by atoms with Crippen LogP contribution in [0.4, 0.5) is 0 Å². The molecule has 6 heteroatoms. The molecule has 0 aliphatic heterocycles. The minimum Gasteiger partial charge on any atom is -0.468 e. The minimum absolute atomic E-state index is 0.529. The van der Waals surface area contributed by atoms with Crippen molar-refractivity contribution in [2.24, 2.45) is 0 Å². The van der Waals surface area contributed by atoms with Crippen molar-refractivity contribution in [3.8, 4) is 0 Å². The lowest BCUT2D eigenvalue weighted by molar-refractivity contribution is -0.154. The SMILES string of the molecule is COC(=O)C(C(=O)OC)c1[nH]c2ccccc2c1CCNCc1ccccc1. The molecule has 2 aromatic carbocycles. The monoisotopic (exact) mass is 380 g/mol. The van der Waals surface area contributed by atoms with Gasteiger partial charge in [0, 0.05) is 23.1 Å². The third kappa shape index (κ3) is 4.23. The Hall–Kier alpha value is -3.12. The number of rotatable bonds is 8. The third-order valence-electron chi connectivity index (χ3n) is 4.73. The number of carbonyl (C=O) groups excluding carboxylic acids is 2. The molecule has 0 atom stereocenters. The zero-order valence-corrected chi connectivity index (χ0v) is 16.0. The molecule has 3 aromatic rings. The van der Waals surface area contributed by atoms with Crippen LogP contribution in [0.25, 0.3) is 10.9 Å². The number of esters is 2. The summed E-state index contributed by atoms with van der Waals surface area (Å²) in [5, 5.41) is 4.39. The van der Waals surface area contributed by atoms with E-state index in [1.165, 1.54) is 19.8 Å². The Balaban J connectivity index is 1.86. The van der Waals surface area contributed by atoms with Gasteiger partial charge in [0.25, 0.3) is 0 Å². The fourth-order valence-electron chi connectivity index (χ4n) is 3.35. The fraction of sp³-hybridized carbons (Fsp3) is 0.273. The summed E-state index contributed by atoms with van der Waals surface area (Å²) in [6, 6.07) is 17.9. The van der Waals surface area contributed by atoms with Crippen LogP contribution in [0.15, 0.2) is 54.6 Å². The number of benzene rings is 2. The highest BCUT2D eigenvalue weighted by Gasteiger charge is 2.34. The van der Waals surface area contributed by atoms with Gasteiger partial charge in [0.15, 0.2) is 5.92 Å². The van der Waals surface area contributed by atoms with Crippen LogP contribution in [-0.4, -0.2) is 37.7 Å². The first-order valence-corrected chi connectivity index (χ1v) is 9.15. The second-order valence-corrected chi connectivity index (χ2v) is 6.45. The molecule has 0 aliphatic carbocycles. The number of H-pyrrole nitrogens is 1. The molecule has 1 heterocycles. The number of para-hydroxylation sites is 1. The van der Waals surface area contributed by atoms with Crippen LogP contribution in [0.1, 0.15) is 22.7 Å². The van der Waals surface area contributed by atoms with Crippen molar-refractivity contribution in [2.45, 2.75) is 18.9 Å². The quantitative estimate of drug-likeness (QED) is 0.357. The van der Waals surface area contributed by atoms with E-state index in [-0.39, 0.29) is 0 Å².